The summed E-state index contributed by atoms with van der Waals surface area (Å²) in [5, 5.41) is 16.8. The number of fused-ring (bicyclic) bond motifs is 2. The highest BCUT2D eigenvalue weighted by Gasteiger charge is 2.28. The fraction of sp³-hybridized carbons (Fsp3) is 0.208. The van der Waals surface area contributed by atoms with E-state index in [1.807, 2.05) is 61.9 Å². The van der Waals surface area contributed by atoms with Crippen LogP contribution >= 0.6 is 0 Å². The quantitative estimate of drug-likeness (QED) is 0.511. The van der Waals surface area contributed by atoms with Crippen LogP contribution in [0.4, 0.5) is 11.5 Å². The third-order valence-electron chi connectivity index (χ3n) is 5.71. The van der Waals surface area contributed by atoms with E-state index in [2.05, 4.69) is 15.0 Å². The van der Waals surface area contributed by atoms with Crippen molar-refractivity contribution >= 4 is 28.2 Å². The first-order chi connectivity index (χ1) is 15.0. The Morgan fingerprint density at radius 2 is 2.00 bits per heavy atom. The summed E-state index contributed by atoms with van der Waals surface area (Å²) >= 11 is 0. The van der Waals surface area contributed by atoms with Crippen LogP contribution in [0, 0.1) is 0 Å². The first-order valence-electron chi connectivity index (χ1n) is 10.1. The topological polar surface area (TPSA) is 80.5 Å². The highest BCUT2D eigenvalue weighted by molar-refractivity contribution is 6.00. The SMILES string of the molecule is COC(=O)c1cc2ccccc2c(N2CCC(O)c3cc(-c4cnn(C)c4)ccc32)n1. The summed E-state index contributed by atoms with van der Waals surface area (Å²) < 4.78 is 6.67. The molecule has 0 fully saturated rings. The molecule has 2 aromatic carbocycles. The van der Waals surface area contributed by atoms with Gasteiger partial charge in [0.05, 0.1) is 19.4 Å². The average molecular weight is 414 g/mol. The van der Waals surface area contributed by atoms with Gasteiger partial charge < -0.3 is 14.7 Å². The normalized spacial score (nSPS) is 15.7. The minimum absolute atomic E-state index is 0.260. The molecule has 0 aliphatic carbocycles. The third kappa shape index (κ3) is 3.33. The van der Waals surface area contributed by atoms with Gasteiger partial charge in [0.15, 0.2) is 5.69 Å². The van der Waals surface area contributed by atoms with E-state index < -0.39 is 12.1 Å². The number of aliphatic hydroxyl groups is 1. The number of benzene rings is 2. The molecule has 7 nitrogen and oxygen atoms in total. The molecule has 4 aromatic rings. The van der Waals surface area contributed by atoms with Gasteiger partial charge in [-0.05, 0) is 35.6 Å². The zero-order valence-corrected chi connectivity index (χ0v) is 17.3. The number of esters is 1. The van der Waals surface area contributed by atoms with Gasteiger partial charge in [0, 0.05) is 42.0 Å². The van der Waals surface area contributed by atoms with Crippen molar-refractivity contribution in [1.29, 1.82) is 0 Å². The third-order valence-corrected chi connectivity index (χ3v) is 5.71. The predicted octanol–water partition coefficient (Wildman–Crippen LogP) is 4.00. The number of hydrogen-bond donors (Lipinski definition) is 1. The molecule has 0 saturated heterocycles. The molecule has 1 aliphatic heterocycles. The Hall–Kier alpha value is -3.71. The molecule has 5 rings (SSSR count). The molecule has 0 bridgehead atoms. The van der Waals surface area contributed by atoms with E-state index in [4.69, 9.17) is 4.74 Å². The number of aromatic nitrogens is 3. The second kappa shape index (κ2) is 7.52. The van der Waals surface area contributed by atoms with Crippen LogP contribution in [0.2, 0.25) is 0 Å². The van der Waals surface area contributed by atoms with Gasteiger partial charge in [-0.1, -0.05) is 30.3 Å². The number of hydrogen-bond acceptors (Lipinski definition) is 6. The van der Waals surface area contributed by atoms with Crippen LogP contribution in [-0.4, -0.2) is 39.5 Å². The number of ether oxygens (including phenoxy) is 1. The summed E-state index contributed by atoms with van der Waals surface area (Å²) in [6.45, 7) is 0.585. The molecule has 1 unspecified atom stereocenters. The summed E-state index contributed by atoms with van der Waals surface area (Å²) in [6, 6.07) is 15.6. The lowest BCUT2D eigenvalue weighted by molar-refractivity contribution is 0.0594. The maximum atomic E-state index is 12.2. The monoisotopic (exact) mass is 414 g/mol. The van der Waals surface area contributed by atoms with Crippen LogP contribution in [-0.2, 0) is 11.8 Å². The van der Waals surface area contributed by atoms with E-state index in [1.54, 1.807) is 10.7 Å². The van der Waals surface area contributed by atoms with Gasteiger partial charge in [0.1, 0.15) is 5.82 Å². The standard InChI is InChI=1S/C24H22N4O3/c1-27-14-17(13-25-27)15-7-8-21-19(11-15)22(29)9-10-28(21)23-18-6-4-3-5-16(18)12-20(26-23)24(30)31-2/h3-8,11-14,22,29H,9-10H2,1-2H3. The maximum absolute atomic E-state index is 12.2. The average Bonchev–Trinajstić information content (AvgIpc) is 3.24. The number of methoxy groups -OCH3 is 1. The summed E-state index contributed by atoms with van der Waals surface area (Å²) in [4.78, 5) is 19.0. The number of aryl methyl sites for hydroxylation is 1. The van der Waals surface area contributed by atoms with Gasteiger partial charge in [-0.25, -0.2) is 9.78 Å². The Morgan fingerprint density at radius 1 is 1.16 bits per heavy atom. The number of carbonyl (C=O) groups excluding carboxylic acids is 1. The van der Waals surface area contributed by atoms with E-state index >= 15 is 0 Å². The summed E-state index contributed by atoms with van der Waals surface area (Å²) in [5.74, 6) is 0.206. The van der Waals surface area contributed by atoms with Gasteiger partial charge in [-0.3, -0.25) is 4.68 Å². The van der Waals surface area contributed by atoms with E-state index in [0.29, 0.717) is 18.8 Å². The largest absolute Gasteiger partial charge is 0.464 e. The Kier molecular flexibility index (Phi) is 4.67. The molecule has 7 heteroatoms. The number of carbonyl (C=O) groups is 1. The Bertz CT molecular complexity index is 1300. The molecular formula is C24H22N4O3. The molecule has 0 saturated carbocycles. The number of aliphatic hydroxyl groups excluding tert-OH is 1. The van der Waals surface area contributed by atoms with Crippen molar-refractivity contribution in [2.75, 3.05) is 18.6 Å². The molecule has 1 aliphatic rings. The maximum Gasteiger partial charge on any atom is 0.356 e. The second-order valence-corrected chi connectivity index (χ2v) is 7.68. The van der Waals surface area contributed by atoms with Gasteiger partial charge in [0.25, 0.3) is 0 Å². The van der Waals surface area contributed by atoms with Crippen LogP contribution < -0.4 is 4.90 Å². The number of anilines is 2. The van der Waals surface area contributed by atoms with Crippen LogP contribution in [0.25, 0.3) is 21.9 Å². The molecular weight excluding hydrogens is 392 g/mol. The fourth-order valence-corrected chi connectivity index (χ4v) is 4.16. The van der Waals surface area contributed by atoms with Crippen molar-refractivity contribution in [2.24, 2.45) is 7.05 Å². The van der Waals surface area contributed by atoms with Crippen LogP contribution in [0.5, 0.6) is 0 Å². The minimum Gasteiger partial charge on any atom is -0.464 e. The molecule has 0 amide bonds. The van der Waals surface area contributed by atoms with Gasteiger partial charge in [0.2, 0.25) is 0 Å². The molecule has 31 heavy (non-hydrogen) atoms. The van der Waals surface area contributed by atoms with Crippen molar-refractivity contribution in [3.8, 4) is 11.1 Å². The lowest BCUT2D eigenvalue weighted by Gasteiger charge is -2.34. The number of nitrogens with zero attached hydrogens (tertiary/aromatic N) is 4. The van der Waals surface area contributed by atoms with E-state index in [1.165, 1.54) is 7.11 Å². The second-order valence-electron chi connectivity index (χ2n) is 7.68. The van der Waals surface area contributed by atoms with E-state index in [0.717, 1.165) is 33.2 Å². The molecule has 1 N–H and O–H groups in total. The highest BCUT2D eigenvalue weighted by atomic mass is 16.5. The summed E-state index contributed by atoms with van der Waals surface area (Å²) in [5.41, 5.74) is 3.96. The Morgan fingerprint density at radius 3 is 2.77 bits per heavy atom. The zero-order valence-electron chi connectivity index (χ0n) is 17.3. The zero-order chi connectivity index (χ0) is 21.5. The molecule has 3 heterocycles. The number of rotatable bonds is 3. The first-order valence-corrected chi connectivity index (χ1v) is 10.1. The van der Waals surface area contributed by atoms with Gasteiger partial charge >= 0.3 is 5.97 Å². The van der Waals surface area contributed by atoms with E-state index in [-0.39, 0.29) is 5.69 Å². The minimum atomic E-state index is -0.571. The fourth-order valence-electron chi connectivity index (χ4n) is 4.16. The van der Waals surface area contributed by atoms with Crippen molar-refractivity contribution in [3.63, 3.8) is 0 Å². The van der Waals surface area contributed by atoms with Crippen molar-refractivity contribution in [2.45, 2.75) is 12.5 Å². The van der Waals surface area contributed by atoms with Crippen molar-refractivity contribution in [1.82, 2.24) is 14.8 Å². The first kappa shape index (κ1) is 19.3. The van der Waals surface area contributed by atoms with E-state index in [9.17, 15) is 9.90 Å². The molecule has 156 valence electrons. The Labute approximate surface area is 179 Å². The van der Waals surface area contributed by atoms with Crippen molar-refractivity contribution in [3.05, 3.63) is 72.2 Å². The van der Waals surface area contributed by atoms with Gasteiger partial charge in [-0.2, -0.15) is 5.10 Å². The van der Waals surface area contributed by atoms with Crippen molar-refractivity contribution < 1.29 is 14.6 Å². The molecule has 0 radical (unpaired) electrons. The number of pyridine rings is 1. The van der Waals surface area contributed by atoms with Gasteiger partial charge in [-0.15, -0.1) is 0 Å². The smallest absolute Gasteiger partial charge is 0.356 e. The predicted molar refractivity (Wildman–Crippen MR) is 118 cm³/mol. The highest BCUT2D eigenvalue weighted by Crippen LogP contribution is 2.41. The lowest BCUT2D eigenvalue weighted by Crippen LogP contribution is -2.28. The lowest BCUT2D eigenvalue weighted by atomic mass is 9.94. The molecule has 0 spiro atoms. The summed E-state index contributed by atoms with van der Waals surface area (Å²) in [7, 11) is 3.23. The Balaban J connectivity index is 1.67. The van der Waals surface area contributed by atoms with Crippen LogP contribution in [0.1, 0.15) is 28.6 Å². The van der Waals surface area contributed by atoms with Crippen LogP contribution in [0.15, 0.2) is 60.9 Å². The molecule has 1 atom stereocenters. The summed E-state index contributed by atoms with van der Waals surface area (Å²) in [6.07, 6.45) is 3.74. The van der Waals surface area contributed by atoms with Crippen LogP contribution in [0.3, 0.4) is 0 Å². The molecule has 2 aromatic heterocycles.